The molecular weight excluding hydrogens is 366 g/mol. The third-order valence-corrected chi connectivity index (χ3v) is 6.24. The molecule has 1 amide bonds. The van der Waals surface area contributed by atoms with E-state index in [4.69, 9.17) is 4.74 Å². The molecule has 2 aliphatic heterocycles. The number of carbonyl (C=O) groups excluding carboxylic acids is 1. The predicted octanol–water partition coefficient (Wildman–Crippen LogP) is 2.50. The van der Waals surface area contributed by atoms with Gasteiger partial charge in [-0.15, -0.1) is 17.5 Å². The van der Waals surface area contributed by atoms with Crippen LogP contribution in [-0.4, -0.2) is 64.2 Å². The molecule has 152 valence electrons. The first-order chi connectivity index (χ1) is 12.7. The van der Waals surface area contributed by atoms with Crippen LogP contribution in [0.15, 0.2) is 0 Å². The molecule has 0 bridgehead atoms. The lowest BCUT2D eigenvalue weighted by Crippen LogP contribution is -2.44. The second kappa shape index (κ2) is 9.34. The van der Waals surface area contributed by atoms with Gasteiger partial charge in [0.05, 0.1) is 17.8 Å². The highest BCUT2D eigenvalue weighted by Gasteiger charge is 2.33. The van der Waals surface area contributed by atoms with Gasteiger partial charge in [-0.05, 0) is 58.5 Å². The molecule has 0 aromatic carbocycles. The van der Waals surface area contributed by atoms with Crippen molar-refractivity contribution >= 4 is 18.3 Å². The fraction of sp³-hybridized carbons (Fsp3) is 0.842. The molecule has 27 heavy (non-hydrogen) atoms. The Morgan fingerprint density at radius 1 is 1.19 bits per heavy atom. The van der Waals surface area contributed by atoms with Crippen LogP contribution in [-0.2, 0) is 4.74 Å². The normalized spacial score (nSPS) is 24.1. The van der Waals surface area contributed by atoms with Gasteiger partial charge in [-0.1, -0.05) is 18.1 Å². The third kappa shape index (κ3) is 4.46. The first kappa shape index (κ1) is 20.6. The number of hydrogen-bond acceptors (Lipinski definition) is 5. The summed E-state index contributed by atoms with van der Waals surface area (Å²) in [4.78, 5) is 15.4. The zero-order valence-corrected chi connectivity index (χ0v) is 17.0. The Morgan fingerprint density at radius 2 is 1.93 bits per heavy atom. The van der Waals surface area contributed by atoms with Gasteiger partial charge < -0.3 is 15.0 Å². The van der Waals surface area contributed by atoms with Crippen LogP contribution in [0.25, 0.3) is 0 Å². The standard InChI is InChI=1S/C19H31N5O2.ClH/c1-14-18(21-22-24(14)16-8-10-20-11-9-16)19(25)23(15-5-2-3-6-15)13-17-7-4-12-26-17;/h15-17,20H,2-13H2,1H3;1H. The minimum Gasteiger partial charge on any atom is -0.376 e. The Morgan fingerprint density at radius 3 is 2.59 bits per heavy atom. The van der Waals surface area contributed by atoms with Crippen LogP contribution in [0.1, 0.15) is 73.6 Å². The number of piperidine rings is 1. The second-order valence-corrected chi connectivity index (χ2v) is 7.98. The van der Waals surface area contributed by atoms with E-state index in [1.165, 1.54) is 12.8 Å². The summed E-state index contributed by atoms with van der Waals surface area (Å²) in [5, 5.41) is 12.1. The van der Waals surface area contributed by atoms with E-state index in [0.717, 1.165) is 63.9 Å². The van der Waals surface area contributed by atoms with Crippen molar-refractivity contribution in [1.29, 1.82) is 0 Å². The fourth-order valence-electron chi connectivity index (χ4n) is 4.69. The molecule has 4 rings (SSSR count). The Hall–Kier alpha value is -1.18. The monoisotopic (exact) mass is 397 g/mol. The molecule has 3 fully saturated rings. The van der Waals surface area contributed by atoms with E-state index in [2.05, 4.69) is 15.6 Å². The first-order valence-corrected chi connectivity index (χ1v) is 10.3. The van der Waals surface area contributed by atoms with Crippen molar-refractivity contribution in [3.63, 3.8) is 0 Å². The number of rotatable bonds is 5. The van der Waals surface area contributed by atoms with Crippen LogP contribution in [0, 0.1) is 6.92 Å². The molecule has 1 aliphatic carbocycles. The molecule has 0 spiro atoms. The van der Waals surface area contributed by atoms with Crippen molar-refractivity contribution in [1.82, 2.24) is 25.2 Å². The molecule has 1 saturated carbocycles. The van der Waals surface area contributed by atoms with Gasteiger partial charge >= 0.3 is 0 Å². The summed E-state index contributed by atoms with van der Waals surface area (Å²) < 4.78 is 7.80. The number of nitrogens with one attached hydrogen (secondary N) is 1. The third-order valence-electron chi connectivity index (χ3n) is 6.24. The number of amides is 1. The molecule has 0 radical (unpaired) electrons. The zero-order chi connectivity index (χ0) is 17.9. The van der Waals surface area contributed by atoms with E-state index >= 15 is 0 Å². The van der Waals surface area contributed by atoms with E-state index in [0.29, 0.717) is 24.3 Å². The van der Waals surface area contributed by atoms with Crippen LogP contribution in [0.2, 0.25) is 0 Å². The smallest absolute Gasteiger partial charge is 0.276 e. The van der Waals surface area contributed by atoms with Crippen LogP contribution < -0.4 is 5.32 Å². The number of nitrogens with zero attached hydrogens (tertiary/aromatic N) is 4. The van der Waals surface area contributed by atoms with E-state index in [1.54, 1.807) is 0 Å². The highest BCUT2D eigenvalue weighted by molar-refractivity contribution is 5.93. The molecule has 1 atom stereocenters. The summed E-state index contributed by atoms with van der Waals surface area (Å²) in [6, 6.07) is 0.679. The molecule has 7 nitrogen and oxygen atoms in total. The Balaban J connectivity index is 0.00000210. The number of aromatic nitrogens is 3. The molecule has 2 saturated heterocycles. The summed E-state index contributed by atoms with van der Waals surface area (Å²) >= 11 is 0. The van der Waals surface area contributed by atoms with Gasteiger partial charge in [0.25, 0.3) is 5.91 Å². The Labute approximate surface area is 167 Å². The predicted molar refractivity (Wildman–Crippen MR) is 105 cm³/mol. The van der Waals surface area contributed by atoms with Crippen LogP contribution in [0.5, 0.6) is 0 Å². The lowest BCUT2D eigenvalue weighted by atomic mass is 10.1. The largest absolute Gasteiger partial charge is 0.376 e. The Kier molecular flexibility index (Phi) is 7.11. The molecule has 1 aromatic heterocycles. The number of carbonyl (C=O) groups is 1. The van der Waals surface area contributed by atoms with Gasteiger partial charge in [0, 0.05) is 19.2 Å². The van der Waals surface area contributed by atoms with Gasteiger partial charge in [0.15, 0.2) is 5.69 Å². The highest BCUT2D eigenvalue weighted by atomic mass is 35.5. The van der Waals surface area contributed by atoms with Crippen LogP contribution in [0.4, 0.5) is 0 Å². The van der Waals surface area contributed by atoms with E-state index in [1.807, 2.05) is 16.5 Å². The summed E-state index contributed by atoms with van der Waals surface area (Å²) in [6.07, 6.45) is 9.03. The average molecular weight is 398 g/mol. The maximum absolute atomic E-state index is 13.4. The molecule has 1 aromatic rings. The number of ether oxygens (including phenoxy) is 1. The second-order valence-electron chi connectivity index (χ2n) is 7.98. The quantitative estimate of drug-likeness (QED) is 0.826. The topological polar surface area (TPSA) is 72.3 Å². The Bertz CT molecular complexity index is 620. The van der Waals surface area contributed by atoms with Gasteiger partial charge in [0.2, 0.25) is 0 Å². The average Bonchev–Trinajstić information content (AvgIpc) is 3.42. The molecule has 3 heterocycles. The maximum Gasteiger partial charge on any atom is 0.276 e. The van der Waals surface area contributed by atoms with Gasteiger partial charge in [-0.2, -0.15) is 0 Å². The lowest BCUT2D eigenvalue weighted by molar-refractivity contribution is 0.0415. The van der Waals surface area contributed by atoms with Gasteiger partial charge in [0.1, 0.15) is 0 Å². The summed E-state index contributed by atoms with van der Waals surface area (Å²) in [5.74, 6) is 0.0464. The number of hydrogen-bond donors (Lipinski definition) is 1. The highest BCUT2D eigenvalue weighted by Crippen LogP contribution is 2.28. The molecular formula is C19H32ClN5O2. The van der Waals surface area contributed by atoms with Crippen molar-refractivity contribution in [3.8, 4) is 0 Å². The molecule has 1 unspecified atom stereocenters. The van der Waals surface area contributed by atoms with Gasteiger partial charge in [-0.25, -0.2) is 4.68 Å². The molecule has 8 heteroatoms. The maximum atomic E-state index is 13.4. The summed E-state index contributed by atoms with van der Waals surface area (Å²) in [6.45, 7) is 5.51. The SMILES string of the molecule is Cc1c(C(=O)N(CC2CCCO2)C2CCCC2)nnn1C1CCNCC1.Cl. The first-order valence-electron chi connectivity index (χ1n) is 10.3. The summed E-state index contributed by atoms with van der Waals surface area (Å²) in [5.41, 5.74) is 1.45. The van der Waals surface area contributed by atoms with Crippen molar-refractivity contribution in [2.45, 2.75) is 76.5 Å². The minimum atomic E-state index is 0. The van der Waals surface area contributed by atoms with E-state index in [9.17, 15) is 4.79 Å². The van der Waals surface area contributed by atoms with Crippen LogP contribution in [0.3, 0.4) is 0 Å². The van der Waals surface area contributed by atoms with Crippen molar-refractivity contribution in [2.24, 2.45) is 0 Å². The number of halogens is 1. The van der Waals surface area contributed by atoms with Crippen LogP contribution >= 0.6 is 12.4 Å². The lowest BCUT2D eigenvalue weighted by Gasteiger charge is -2.30. The summed E-state index contributed by atoms with van der Waals surface area (Å²) in [7, 11) is 0. The fourth-order valence-corrected chi connectivity index (χ4v) is 4.69. The molecule has 1 N–H and O–H groups in total. The van der Waals surface area contributed by atoms with E-state index < -0.39 is 0 Å². The van der Waals surface area contributed by atoms with Crippen molar-refractivity contribution < 1.29 is 9.53 Å². The molecule has 3 aliphatic rings. The van der Waals surface area contributed by atoms with E-state index in [-0.39, 0.29) is 24.4 Å². The van der Waals surface area contributed by atoms with Crippen molar-refractivity contribution in [3.05, 3.63) is 11.4 Å². The minimum absolute atomic E-state index is 0. The van der Waals surface area contributed by atoms with Gasteiger partial charge in [-0.3, -0.25) is 4.79 Å². The van der Waals surface area contributed by atoms with Crippen molar-refractivity contribution in [2.75, 3.05) is 26.2 Å². The zero-order valence-electron chi connectivity index (χ0n) is 16.2.